The minimum atomic E-state index is -3.37. The van der Waals surface area contributed by atoms with Crippen LogP contribution in [0.3, 0.4) is 0 Å². The van der Waals surface area contributed by atoms with Gasteiger partial charge in [-0.25, -0.2) is 0 Å². The van der Waals surface area contributed by atoms with Gasteiger partial charge >= 0.3 is 0 Å². The predicted octanol–water partition coefficient (Wildman–Crippen LogP) is 6.18. The van der Waals surface area contributed by atoms with Crippen LogP contribution in [0.25, 0.3) is 0 Å². The fraction of sp³-hybridized carbons (Fsp3) is 0.696. The average Bonchev–Trinajstić information content (AvgIpc) is 2.66. The van der Waals surface area contributed by atoms with Gasteiger partial charge in [-0.1, -0.05) is 102 Å². The van der Waals surface area contributed by atoms with Gasteiger partial charge in [0.25, 0.3) is 8.25 Å². The van der Waals surface area contributed by atoms with Gasteiger partial charge in [0.2, 0.25) is 0 Å². The van der Waals surface area contributed by atoms with Crippen LogP contribution in [0.2, 0.25) is 0 Å². The number of benzene rings is 1. The van der Waals surface area contributed by atoms with Gasteiger partial charge in [-0.15, -0.1) is 0 Å². The maximum Gasteiger partial charge on any atom is 0.276 e. The smallest absolute Gasteiger partial charge is 0.276 e. The first kappa shape index (κ1) is 33.2. The van der Waals surface area contributed by atoms with Gasteiger partial charge in [-0.2, -0.15) is 41.8 Å². The number of unbranched alkanes of at least 4 members (excludes halogenated alkanes) is 7. The Kier molecular flexibility index (Phi) is 32.7. The maximum atomic E-state index is 8.48. The molecule has 0 amide bonds. The summed E-state index contributed by atoms with van der Waals surface area (Å²) in [5.41, 5.74) is 1.46. The summed E-state index contributed by atoms with van der Waals surface area (Å²) in [6, 6.07) is 11.4. The molecule has 0 aliphatic rings. The van der Waals surface area contributed by atoms with Crippen molar-refractivity contribution < 1.29 is 55.2 Å². The van der Waals surface area contributed by atoms with E-state index in [2.05, 4.69) is 45.9 Å². The van der Waals surface area contributed by atoms with Gasteiger partial charge in [0.1, 0.15) is 0 Å². The van der Waals surface area contributed by atoms with E-state index in [0.29, 0.717) is 5.92 Å². The monoisotopic (exact) mass is 537 g/mol. The second-order valence-corrected chi connectivity index (χ2v) is 7.37. The summed E-state index contributed by atoms with van der Waals surface area (Å²) >= 11 is 0. The molecule has 1 atom stereocenters. The third-order valence-electron chi connectivity index (χ3n) is 4.40. The zero-order chi connectivity index (χ0) is 20.8. The quantitative estimate of drug-likeness (QED) is 0.181. The van der Waals surface area contributed by atoms with Crippen LogP contribution < -0.4 is 9.79 Å². The SMILES string of the molecule is CCCCCCCCCc1cc[c-]cc1.O=[P+]([O-])[O-].[CH2-]C(CC)CCCC.[Nd]. The van der Waals surface area contributed by atoms with Crippen LogP contribution in [-0.2, 0) is 11.0 Å². The largest absolute Gasteiger partial charge is 0.598 e. The Morgan fingerprint density at radius 3 is 1.86 bits per heavy atom. The van der Waals surface area contributed by atoms with E-state index in [1.807, 2.05) is 12.1 Å². The van der Waals surface area contributed by atoms with E-state index in [4.69, 9.17) is 14.4 Å². The molecule has 162 valence electrons. The first-order valence-corrected chi connectivity index (χ1v) is 11.7. The van der Waals surface area contributed by atoms with Gasteiger partial charge in [-0.3, -0.25) is 0 Å². The summed E-state index contributed by atoms with van der Waals surface area (Å²) in [4.78, 5) is 17.0. The van der Waals surface area contributed by atoms with Crippen LogP contribution in [0.5, 0.6) is 0 Å². The molecular weight excluding hydrogens is 499 g/mol. The zero-order valence-electron chi connectivity index (χ0n) is 18.3. The van der Waals surface area contributed by atoms with Crippen molar-refractivity contribution >= 4 is 8.25 Å². The minimum absolute atomic E-state index is 0. The van der Waals surface area contributed by atoms with E-state index in [-0.39, 0.29) is 40.8 Å². The molecule has 0 aliphatic carbocycles. The molecule has 0 bridgehead atoms. The van der Waals surface area contributed by atoms with Crippen LogP contribution in [-0.4, -0.2) is 0 Å². The van der Waals surface area contributed by atoms with Crippen LogP contribution in [0.15, 0.2) is 24.3 Å². The molecule has 1 aromatic carbocycles. The molecule has 0 fully saturated rings. The summed E-state index contributed by atoms with van der Waals surface area (Å²) in [6.45, 7) is 10.7. The van der Waals surface area contributed by atoms with Crippen LogP contribution >= 0.6 is 8.25 Å². The van der Waals surface area contributed by atoms with E-state index in [1.54, 1.807) is 0 Å². The van der Waals surface area contributed by atoms with Crippen LogP contribution in [0.4, 0.5) is 0 Å². The molecule has 1 unspecified atom stereocenters. The minimum Gasteiger partial charge on any atom is -0.598 e. The fourth-order valence-electron chi connectivity index (χ4n) is 2.57. The third kappa shape index (κ3) is 31.3. The second-order valence-electron chi connectivity index (χ2n) is 6.92. The molecule has 28 heavy (non-hydrogen) atoms. The standard InChI is InChI=1S/C15H23.C8H17.Nd.HO3P/c1-2-3-4-5-6-7-9-12-15-13-10-8-11-14-15;1-4-6-7-8(3)5-2;;1-4(2)3/h10-11,13-14H,2-7,9,12H2,1H3;8H,3-7H2,1-2H3;;(H,1,2,3)/q2*-1;;/p-1. The summed E-state index contributed by atoms with van der Waals surface area (Å²) in [5, 5.41) is 0. The van der Waals surface area contributed by atoms with E-state index in [0.717, 1.165) is 0 Å². The van der Waals surface area contributed by atoms with Gasteiger partial charge in [0.05, 0.1) is 0 Å². The van der Waals surface area contributed by atoms with Crippen molar-refractivity contribution in [2.24, 2.45) is 5.92 Å². The molecule has 3 nitrogen and oxygen atoms in total. The van der Waals surface area contributed by atoms with Gasteiger partial charge < -0.3 is 16.7 Å². The maximum absolute atomic E-state index is 8.48. The molecular formula is C23H40NdO3P-3. The number of hydrogen-bond donors (Lipinski definition) is 0. The predicted molar refractivity (Wildman–Crippen MR) is 113 cm³/mol. The molecule has 0 aliphatic heterocycles. The number of rotatable bonds is 12. The van der Waals surface area contributed by atoms with Gasteiger partial charge in [-0.05, 0) is 0 Å². The van der Waals surface area contributed by atoms with Crippen molar-refractivity contribution in [2.75, 3.05) is 0 Å². The molecule has 0 heterocycles. The van der Waals surface area contributed by atoms with Gasteiger partial charge in [0.15, 0.2) is 0 Å². The molecule has 0 saturated carbocycles. The second kappa shape index (κ2) is 27.6. The van der Waals surface area contributed by atoms with Crippen LogP contribution in [0, 0.1) is 59.7 Å². The number of aryl methyl sites for hydroxylation is 1. The Morgan fingerprint density at radius 2 is 1.39 bits per heavy atom. The zero-order valence-corrected chi connectivity index (χ0v) is 22.4. The Morgan fingerprint density at radius 1 is 0.929 bits per heavy atom. The van der Waals surface area contributed by atoms with Gasteiger partial charge in [0, 0.05) is 40.8 Å². The van der Waals surface area contributed by atoms with Crippen molar-refractivity contribution in [1.82, 2.24) is 0 Å². The Balaban J connectivity index is -0.000000407. The van der Waals surface area contributed by atoms with Crippen molar-refractivity contribution in [3.63, 3.8) is 0 Å². The first-order chi connectivity index (χ1) is 13.0. The van der Waals surface area contributed by atoms with Crippen molar-refractivity contribution in [3.8, 4) is 0 Å². The molecule has 0 aromatic heterocycles. The van der Waals surface area contributed by atoms with E-state index < -0.39 is 8.25 Å². The molecule has 5 heteroatoms. The topological polar surface area (TPSA) is 63.2 Å². The summed E-state index contributed by atoms with van der Waals surface area (Å²) in [6.07, 6.45) is 16.2. The fourth-order valence-corrected chi connectivity index (χ4v) is 2.57. The Labute approximate surface area is 208 Å². The molecule has 0 spiro atoms. The third-order valence-corrected chi connectivity index (χ3v) is 4.40. The number of hydrogen-bond acceptors (Lipinski definition) is 3. The van der Waals surface area contributed by atoms with E-state index in [9.17, 15) is 0 Å². The summed E-state index contributed by atoms with van der Waals surface area (Å²) in [5.74, 6) is 0.704. The van der Waals surface area contributed by atoms with E-state index >= 15 is 0 Å². The normalized spacial score (nSPS) is 10.5. The first-order valence-electron chi connectivity index (χ1n) is 10.6. The van der Waals surface area contributed by atoms with Crippen molar-refractivity contribution in [2.45, 2.75) is 97.8 Å². The summed E-state index contributed by atoms with van der Waals surface area (Å²) < 4.78 is 8.48. The molecule has 0 saturated heterocycles. The molecule has 0 N–H and O–H groups in total. The average molecular weight is 540 g/mol. The molecule has 1 aromatic rings. The van der Waals surface area contributed by atoms with Crippen molar-refractivity contribution in [1.29, 1.82) is 0 Å². The van der Waals surface area contributed by atoms with Crippen molar-refractivity contribution in [3.05, 3.63) is 42.8 Å². The van der Waals surface area contributed by atoms with Crippen LogP contribution in [0.1, 0.15) is 97.0 Å². The Bertz CT molecular complexity index is 412. The summed E-state index contributed by atoms with van der Waals surface area (Å²) in [7, 11) is -3.37. The van der Waals surface area contributed by atoms with E-state index in [1.165, 1.54) is 82.6 Å². The Hall–Kier alpha value is 0.591. The molecule has 0 radical (unpaired) electrons. The molecule has 1 rings (SSSR count).